The van der Waals surface area contributed by atoms with Crippen molar-refractivity contribution in [3.63, 3.8) is 0 Å². The molecule has 0 saturated carbocycles. The van der Waals surface area contributed by atoms with Gasteiger partial charge in [0.05, 0.1) is 11.0 Å². The molecule has 4 heteroatoms. The number of rotatable bonds is 0. The molecule has 1 heterocycles. The maximum atomic E-state index is 5.86. The second-order valence-electron chi connectivity index (χ2n) is 2.55. The zero-order valence-electron chi connectivity index (χ0n) is 6.38. The first-order chi connectivity index (χ1) is 5.70. The molecule has 1 aromatic heterocycles. The van der Waals surface area contributed by atoms with E-state index in [9.17, 15) is 0 Å². The molecular weight excluding hydrogens is 239 g/mol. The van der Waals surface area contributed by atoms with Gasteiger partial charge in [-0.25, -0.2) is 4.98 Å². The Morgan fingerprint density at radius 3 is 2.92 bits per heavy atom. The van der Waals surface area contributed by atoms with Gasteiger partial charge in [-0.15, -0.1) is 0 Å². The minimum absolute atomic E-state index is 0.511. The highest BCUT2D eigenvalue weighted by Gasteiger charge is 2.06. The summed E-state index contributed by atoms with van der Waals surface area (Å²) in [5, 5.41) is 0.511. The fourth-order valence-electron chi connectivity index (χ4n) is 1.19. The first-order valence-corrected chi connectivity index (χ1v) is 4.63. The second kappa shape index (κ2) is 2.75. The highest BCUT2D eigenvalue weighted by atomic mass is 79.9. The normalized spacial score (nSPS) is 10.9. The van der Waals surface area contributed by atoms with Crippen LogP contribution < -0.4 is 0 Å². The van der Waals surface area contributed by atoms with Gasteiger partial charge in [0.25, 0.3) is 0 Å². The Hall–Kier alpha value is -0.540. The Labute approximate surface area is 83.3 Å². The summed E-state index contributed by atoms with van der Waals surface area (Å²) in [4.78, 5) is 4.17. The molecule has 12 heavy (non-hydrogen) atoms. The summed E-state index contributed by atoms with van der Waals surface area (Å²) in [6.45, 7) is 0. The van der Waals surface area contributed by atoms with Crippen LogP contribution in [0.2, 0.25) is 5.28 Å². The van der Waals surface area contributed by atoms with E-state index in [1.807, 2.05) is 29.8 Å². The molecule has 0 radical (unpaired) electrons. The topological polar surface area (TPSA) is 17.8 Å². The summed E-state index contributed by atoms with van der Waals surface area (Å²) in [5.74, 6) is 0. The Morgan fingerprint density at radius 1 is 1.50 bits per heavy atom. The number of para-hydroxylation sites is 1. The molecule has 0 atom stereocenters. The number of halogens is 2. The molecule has 62 valence electrons. The summed E-state index contributed by atoms with van der Waals surface area (Å²) in [5.41, 5.74) is 1.94. The van der Waals surface area contributed by atoms with Crippen LogP contribution in [0.1, 0.15) is 0 Å². The third-order valence-corrected chi connectivity index (χ3v) is 2.77. The summed E-state index contributed by atoms with van der Waals surface area (Å²) in [6.07, 6.45) is 0. The summed E-state index contributed by atoms with van der Waals surface area (Å²) < 4.78 is 2.86. The lowest BCUT2D eigenvalue weighted by Gasteiger charge is -1.96. The van der Waals surface area contributed by atoms with Gasteiger partial charge >= 0.3 is 0 Å². The molecule has 0 amide bonds. The van der Waals surface area contributed by atoms with E-state index in [0.717, 1.165) is 15.5 Å². The van der Waals surface area contributed by atoms with Crippen LogP contribution in [0.4, 0.5) is 0 Å². The van der Waals surface area contributed by atoms with Crippen molar-refractivity contribution < 1.29 is 0 Å². The van der Waals surface area contributed by atoms with Gasteiger partial charge in [-0.2, -0.15) is 0 Å². The Kier molecular flexibility index (Phi) is 1.85. The van der Waals surface area contributed by atoms with Gasteiger partial charge in [0, 0.05) is 11.5 Å². The quantitative estimate of drug-likeness (QED) is 0.698. The number of aryl methyl sites for hydroxylation is 1. The Bertz CT molecular complexity index is 436. The molecule has 1 aromatic carbocycles. The number of aromatic nitrogens is 2. The molecule has 0 saturated heterocycles. The van der Waals surface area contributed by atoms with Crippen LogP contribution in [0.25, 0.3) is 11.0 Å². The second-order valence-corrected chi connectivity index (χ2v) is 3.74. The average molecular weight is 246 g/mol. The van der Waals surface area contributed by atoms with E-state index in [1.54, 1.807) is 0 Å². The van der Waals surface area contributed by atoms with Crippen LogP contribution in [0.3, 0.4) is 0 Å². The van der Waals surface area contributed by atoms with Crippen LogP contribution in [0.5, 0.6) is 0 Å². The number of benzene rings is 1. The van der Waals surface area contributed by atoms with Gasteiger partial charge in [-0.3, -0.25) is 0 Å². The molecule has 0 N–H and O–H groups in total. The van der Waals surface area contributed by atoms with Crippen molar-refractivity contribution in [2.24, 2.45) is 7.05 Å². The van der Waals surface area contributed by atoms with Gasteiger partial charge in [0.15, 0.2) is 0 Å². The van der Waals surface area contributed by atoms with Crippen molar-refractivity contribution in [2.75, 3.05) is 0 Å². The lowest BCUT2D eigenvalue weighted by atomic mass is 10.3. The first-order valence-electron chi connectivity index (χ1n) is 3.46. The molecule has 0 bridgehead atoms. The monoisotopic (exact) mass is 244 g/mol. The molecule has 0 unspecified atom stereocenters. The third-order valence-electron chi connectivity index (χ3n) is 1.79. The molecule has 0 fully saturated rings. The van der Waals surface area contributed by atoms with Crippen LogP contribution in [0.15, 0.2) is 22.7 Å². The summed E-state index contributed by atoms with van der Waals surface area (Å²) in [7, 11) is 1.89. The fraction of sp³-hybridized carbons (Fsp3) is 0.125. The lowest BCUT2D eigenvalue weighted by molar-refractivity contribution is 0.947. The van der Waals surface area contributed by atoms with E-state index < -0.39 is 0 Å². The standard InChI is InChI=1S/C8H6BrClN2/c1-12-7-5(9)3-2-4-6(7)11-8(12)10/h2-4H,1H3. The maximum Gasteiger partial charge on any atom is 0.203 e. The molecule has 0 aliphatic heterocycles. The van der Waals surface area contributed by atoms with Gasteiger partial charge in [-0.05, 0) is 39.7 Å². The van der Waals surface area contributed by atoms with E-state index >= 15 is 0 Å². The van der Waals surface area contributed by atoms with Crippen molar-refractivity contribution in [2.45, 2.75) is 0 Å². The molecule has 0 aliphatic rings. The Balaban J connectivity index is 2.97. The number of hydrogen-bond donors (Lipinski definition) is 0. The molecule has 2 rings (SSSR count). The van der Waals surface area contributed by atoms with Gasteiger partial charge in [0.2, 0.25) is 5.28 Å². The third kappa shape index (κ3) is 1.04. The van der Waals surface area contributed by atoms with Crippen molar-refractivity contribution in [3.05, 3.63) is 28.0 Å². The molecule has 2 nitrogen and oxygen atoms in total. The first kappa shape index (κ1) is 8.08. The zero-order valence-corrected chi connectivity index (χ0v) is 8.72. The molecule has 0 aliphatic carbocycles. The SMILES string of the molecule is Cn1c(Cl)nc2cccc(Br)c21. The summed E-state index contributed by atoms with van der Waals surface area (Å²) >= 11 is 9.30. The van der Waals surface area contributed by atoms with E-state index in [1.165, 1.54) is 0 Å². The largest absolute Gasteiger partial charge is 0.317 e. The zero-order chi connectivity index (χ0) is 8.72. The van der Waals surface area contributed by atoms with Gasteiger partial charge in [-0.1, -0.05) is 6.07 Å². The van der Waals surface area contributed by atoms with E-state index in [0.29, 0.717) is 5.28 Å². The van der Waals surface area contributed by atoms with Crippen LogP contribution >= 0.6 is 27.5 Å². The number of nitrogens with zero attached hydrogens (tertiary/aromatic N) is 2. The van der Waals surface area contributed by atoms with Crippen molar-refractivity contribution >= 4 is 38.6 Å². The van der Waals surface area contributed by atoms with Crippen molar-refractivity contribution in [1.29, 1.82) is 0 Å². The molecular formula is C8H6BrClN2. The van der Waals surface area contributed by atoms with Crippen molar-refractivity contribution in [3.8, 4) is 0 Å². The Morgan fingerprint density at radius 2 is 2.25 bits per heavy atom. The van der Waals surface area contributed by atoms with Crippen molar-refractivity contribution in [1.82, 2.24) is 9.55 Å². The summed E-state index contributed by atoms with van der Waals surface area (Å²) in [6, 6.07) is 5.85. The predicted molar refractivity (Wildman–Crippen MR) is 53.4 cm³/mol. The minimum Gasteiger partial charge on any atom is -0.317 e. The average Bonchev–Trinajstić information content (AvgIpc) is 2.29. The fourth-order valence-corrected chi connectivity index (χ4v) is 1.99. The van der Waals surface area contributed by atoms with E-state index in [-0.39, 0.29) is 0 Å². The van der Waals surface area contributed by atoms with E-state index in [2.05, 4.69) is 20.9 Å². The van der Waals surface area contributed by atoms with Crippen LogP contribution in [-0.2, 0) is 7.05 Å². The predicted octanol–water partition coefficient (Wildman–Crippen LogP) is 2.99. The number of imidazole rings is 1. The molecule has 0 spiro atoms. The van der Waals surface area contributed by atoms with Crippen LogP contribution in [0, 0.1) is 0 Å². The van der Waals surface area contributed by atoms with Gasteiger partial charge in [0.1, 0.15) is 0 Å². The minimum atomic E-state index is 0.511. The smallest absolute Gasteiger partial charge is 0.203 e. The van der Waals surface area contributed by atoms with E-state index in [4.69, 9.17) is 11.6 Å². The van der Waals surface area contributed by atoms with Gasteiger partial charge < -0.3 is 4.57 Å². The maximum absolute atomic E-state index is 5.86. The molecule has 2 aromatic rings. The lowest BCUT2D eigenvalue weighted by Crippen LogP contribution is -1.86. The number of hydrogen-bond acceptors (Lipinski definition) is 1. The van der Waals surface area contributed by atoms with Crippen LogP contribution in [-0.4, -0.2) is 9.55 Å². The highest BCUT2D eigenvalue weighted by molar-refractivity contribution is 9.10. The number of fused-ring (bicyclic) bond motifs is 1. The highest BCUT2D eigenvalue weighted by Crippen LogP contribution is 2.25.